The molecule has 2 N–H and O–H groups in total. The van der Waals surface area contributed by atoms with Crippen LogP contribution in [-0.4, -0.2) is 77.0 Å². The fourth-order valence-electron chi connectivity index (χ4n) is 3.73. The minimum absolute atomic E-state index is 0.323. The molecule has 3 aliphatic rings. The van der Waals surface area contributed by atoms with Crippen molar-refractivity contribution in [1.29, 1.82) is 0 Å². The van der Waals surface area contributed by atoms with Crippen LogP contribution in [-0.2, 0) is 4.74 Å². The van der Waals surface area contributed by atoms with Crippen molar-refractivity contribution >= 4 is 6.09 Å². The highest BCUT2D eigenvalue weighted by atomic mass is 16.6. The third-order valence-corrected chi connectivity index (χ3v) is 5.30. The summed E-state index contributed by atoms with van der Waals surface area (Å²) in [7, 11) is 0. The number of hydrogen-bond acceptors (Lipinski definition) is 5. The Hall–Kier alpha value is -0.850. The number of piperidine rings is 1. The molecule has 3 fully saturated rings. The minimum Gasteiger partial charge on any atom is -0.444 e. The lowest BCUT2D eigenvalue weighted by Gasteiger charge is -2.34. The SMILES string of the molecule is CC(C)(C)OC(=O)N1CCC(O)(CNC2CCN(C3CC3)CC2)C1. The summed E-state index contributed by atoms with van der Waals surface area (Å²) in [5.74, 6) is 0. The fourth-order valence-corrected chi connectivity index (χ4v) is 3.73. The lowest BCUT2D eigenvalue weighted by atomic mass is 10.0. The van der Waals surface area contributed by atoms with Crippen molar-refractivity contribution in [3.63, 3.8) is 0 Å². The van der Waals surface area contributed by atoms with E-state index in [2.05, 4.69) is 10.2 Å². The van der Waals surface area contributed by atoms with E-state index in [1.807, 2.05) is 20.8 Å². The standard InChI is InChI=1S/C18H33N3O3/c1-17(2,3)24-16(22)21-11-8-18(23,13-21)12-19-14-6-9-20(10-7-14)15-4-5-15/h14-15,19,23H,4-13H2,1-3H3. The highest BCUT2D eigenvalue weighted by molar-refractivity contribution is 5.68. The van der Waals surface area contributed by atoms with Crippen LogP contribution in [0.5, 0.6) is 0 Å². The molecule has 24 heavy (non-hydrogen) atoms. The molecule has 1 atom stereocenters. The van der Waals surface area contributed by atoms with Crippen LogP contribution in [0.1, 0.15) is 52.9 Å². The van der Waals surface area contributed by atoms with Crippen LogP contribution >= 0.6 is 0 Å². The molecule has 2 saturated heterocycles. The molecule has 6 nitrogen and oxygen atoms in total. The van der Waals surface area contributed by atoms with E-state index < -0.39 is 11.2 Å². The van der Waals surface area contributed by atoms with E-state index in [-0.39, 0.29) is 6.09 Å². The second-order valence-corrected chi connectivity index (χ2v) is 8.80. The number of aliphatic hydroxyl groups is 1. The molecule has 2 aliphatic heterocycles. The van der Waals surface area contributed by atoms with Crippen LogP contribution in [0.15, 0.2) is 0 Å². The van der Waals surface area contributed by atoms with Crippen molar-refractivity contribution in [3.05, 3.63) is 0 Å². The van der Waals surface area contributed by atoms with Crippen LogP contribution in [0.3, 0.4) is 0 Å². The van der Waals surface area contributed by atoms with Crippen LogP contribution in [0.4, 0.5) is 4.79 Å². The van der Waals surface area contributed by atoms with E-state index in [1.54, 1.807) is 4.90 Å². The van der Waals surface area contributed by atoms with Gasteiger partial charge in [0.2, 0.25) is 0 Å². The van der Waals surface area contributed by atoms with Crippen LogP contribution < -0.4 is 5.32 Å². The number of hydrogen-bond donors (Lipinski definition) is 2. The van der Waals surface area contributed by atoms with Gasteiger partial charge < -0.3 is 25.0 Å². The maximum atomic E-state index is 12.1. The van der Waals surface area contributed by atoms with Crippen LogP contribution in [0.2, 0.25) is 0 Å². The number of amides is 1. The smallest absolute Gasteiger partial charge is 0.410 e. The first-order chi connectivity index (χ1) is 11.2. The number of likely N-dealkylation sites (tertiary alicyclic amines) is 2. The third-order valence-electron chi connectivity index (χ3n) is 5.30. The Bertz CT molecular complexity index is 453. The first-order valence-corrected chi connectivity index (χ1v) is 9.42. The number of carbonyl (C=O) groups excluding carboxylic acids is 1. The maximum absolute atomic E-state index is 12.1. The molecule has 1 aliphatic carbocycles. The molecular weight excluding hydrogens is 306 g/mol. The third kappa shape index (κ3) is 4.83. The topological polar surface area (TPSA) is 65.0 Å². The molecule has 138 valence electrons. The Morgan fingerprint density at radius 2 is 1.88 bits per heavy atom. The van der Waals surface area contributed by atoms with E-state index in [0.29, 0.717) is 32.1 Å². The Balaban J connectivity index is 1.40. The summed E-state index contributed by atoms with van der Waals surface area (Å²) in [6.45, 7) is 9.41. The highest BCUT2D eigenvalue weighted by Gasteiger charge is 2.40. The zero-order chi connectivity index (χ0) is 17.4. The number of carbonyl (C=O) groups is 1. The average Bonchev–Trinajstić information content (AvgIpc) is 3.27. The fraction of sp³-hybridized carbons (Fsp3) is 0.944. The molecule has 3 rings (SSSR count). The van der Waals surface area contributed by atoms with E-state index in [0.717, 1.165) is 18.9 Å². The van der Waals surface area contributed by atoms with Gasteiger partial charge in [0.1, 0.15) is 5.60 Å². The van der Waals surface area contributed by atoms with Crippen molar-refractivity contribution < 1.29 is 14.6 Å². The van der Waals surface area contributed by atoms with Crippen molar-refractivity contribution in [2.24, 2.45) is 0 Å². The molecule has 1 unspecified atom stereocenters. The Labute approximate surface area is 145 Å². The van der Waals surface area contributed by atoms with Crippen molar-refractivity contribution in [1.82, 2.24) is 15.1 Å². The normalized spacial score (nSPS) is 29.9. The van der Waals surface area contributed by atoms with E-state index in [4.69, 9.17) is 4.74 Å². The van der Waals surface area contributed by atoms with Gasteiger partial charge in [-0.05, 0) is 66.0 Å². The Morgan fingerprint density at radius 3 is 2.46 bits per heavy atom. The molecule has 2 heterocycles. The molecule has 1 amide bonds. The number of nitrogens with one attached hydrogen (secondary N) is 1. The summed E-state index contributed by atoms with van der Waals surface area (Å²) in [5, 5.41) is 14.3. The first-order valence-electron chi connectivity index (χ1n) is 9.42. The van der Waals surface area contributed by atoms with Gasteiger partial charge in [-0.15, -0.1) is 0 Å². The lowest BCUT2D eigenvalue weighted by Crippen LogP contribution is -2.50. The summed E-state index contributed by atoms with van der Waals surface area (Å²) in [6, 6.07) is 1.34. The summed E-state index contributed by atoms with van der Waals surface area (Å²) < 4.78 is 5.40. The summed E-state index contributed by atoms with van der Waals surface area (Å²) in [4.78, 5) is 16.4. The van der Waals surface area contributed by atoms with E-state index >= 15 is 0 Å². The first kappa shape index (κ1) is 18.0. The van der Waals surface area contributed by atoms with Gasteiger partial charge in [0.15, 0.2) is 0 Å². The summed E-state index contributed by atoms with van der Waals surface area (Å²) >= 11 is 0. The number of rotatable bonds is 4. The van der Waals surface area contributed by atoms with Crippen molar-refractivity contribution in [3.8, 4) is 0 Å². The summed E-state index contributed by atoms with van der Waals surface area (Å²) in [6.07, 6.45) is 5.35. The molecule has 0 radical (unpaired) electrons. The number of ether oxygens (including phenoxy) is 1. The van der Waals surface area contributed by atoms with E-state index in [1.165, 1.54) is 25.9 Å². The molecule has 6 heteroatoms. The molecule has 0 bridgehead atoms. The summed E-state index contributed by atoms with van der Waals surface area (Å²) in [5.41, 5.74) is -1.32. The highest BCUT2D eigenvalue weighted by Crippen LogP contribution is 2.29. The maximum Gasteiger partial charge on any atom is 0.410 e. The van der Waals surface area contributed by atoms with Gasteiger partial charge in [0, 0.05) is 25.2 Å². The minimum atomic E-state index is -0.829. The lowest BCUT2D eigenvalue weighted by molar-refractivity contribution is 0.0140. The molecule has 0 spiro atoms. The van der Waals surface area contributed by atoms with Gasteiger partial charge >= 0.3 is 6.09 Å². The zero-order valence-electron chi connectivity index (χ0n) is 15.4. The molecule has 1 saturated carbocycles. The predicted octanol–water partition coefficient (Wildman–Crippen LogP) is 1.57. The second-order valence-electron chi connectivity index (χ2n) is 8.80. The molecule has 0 aromatic rings. The number of nitrogens with zero attached hydrogens (tertiary/aromatic N) is 2. The largest absolute Gasteiger partial charge is 0.444 e. The number of β-amino-alcohol motifs (C(OH)–C–C–N with tert-alkyl or cyclic N) is 1. The van der Waals surface area contributed by atoms with Gasteiger partial charge in [-0.1, -0.05) is 0 Å². The zero-order valence-corrected chi connectivity index (χ0v) is 15.4. The molecule has 0 aromatic carbocycles. The Morgan fingerprint density at radius 1 is 1.21 bits per heavy atom. The average molecular weight is 339 g/mol. The quantitative estimate of drug-likeness (QED) is 0.814. The van der Waals surface area contributed by atoms with Crippen molar-refractivity contribution in [2.75, 3.05) is 32.7 Å². The van der Waals surface area contributed by atoms with Crippen molar-refractivity contribution in [2.45, 2.75) is 76.2 Å². The van der Waals surface area contributed by atoms with Gasteiger partial charge in [0.25, 0.3) is 0 Å². The van der Waals surface area contributed by atoms with Crippen LogP contribution in [0.25, 0.3) is 0 Å². The second kappa shape index (κ2) is 6.81. The monoisotopic (exact) mass is 339 g/mol. The van der Waals surface area contributed by atoms with Gasteiger partial charge in [-0.25, -0.2) is 4.79 Å². The van der Waals surface area contributed by atoms with E-state index in [9.17, 15) is 9.90 Å². The van der Waals surface area contributed by atoms with Gasteiger partial charge in [-0.2, -0.15) is 0 Å². The molecular formula is C18H33N3O3. The van der Waals surface area contributed by atoms with Gasteiger partial charge in [-0.3, -0.25) is 0 Å². The Kier molecular flexibility index (Phi) is 5.09. The molecule has 0 aromatic heterocycles. The van der Waals surface area contributed by atoms with Gasteiger partial charge in [0.05, 0.1) is 12.1 Å². The van der Waals surface area contributed by atoms with Crippen LogP contribution in [0, 0.1) is 0 Å². The predicted molar refractivity (Wildman–Crippen MR) is 93.0 cm³/mol.